The first-order valence-electron chi connectivity index (χ1n) is 29.6. The average molecular weight is 1270 g/mol. The van der Waals surface area contributed by atoms with Gasteiger partial charge in [0.15, 0.2) is 0 Å². The number of hydrogen-bond acceptors (Lipinski definition) is 12. The van der Waals surface area contributed by atoms with E-state index in [1.165, 1.54) is 128 Å². The number of aliphatic carboxylic acids is 2. The van der Waals surface area contributed by atoms with E-state index in [2.05, 4.69) is 46.6 Å². The topological polar surface area (TPSA) is 265 Å². The van der Waals surface area contributed by atoms with E-state index in [4.69, 9.17) is 0 Å². The summed E-state index contributed by atoms with van der Waals surface area (Å²) < 4.78 is 108. The van der Waals surface area contributed by atoms with Gasteiger partial charge >= 0.3 is 48.9 Å². The summed E-state index contributed by atoms with van der Waals surface area (Å²) in [7, 11) is -15.3. The zero-order valence-electron chi connectivity index (χ0n) is 47.9. The normalized spacial score (nSPS) is 12.2. The van der Waals surface area contributed by atoms with E-state index < -0.39 is 77.2 Å². The molecule has 75 heavy (non-hydrogen) atoms. The second-order valence-electron chi connectivity index (χ2n) is 20.7. The zero-order valence-corrected chi connectivity index (χ0v) is 55.6. The maximum Gasteiger partial charge on any atom is 2.00 e. The van der Waals surface area contributed by atoms with E-state index in [1.54, 1.807) is 0 Å². The van der Waals surface area contributed by atoms with Crippen molar-refractivity contribution in [3.63, 3.8) is 0 Å². The zero-order chi connectivity index (χ0) is 55.7. The quantitative estimate of drug-likeness (QED) is 0.0252. The molecule has 4 N–H and O–H groups in total. The van der Waals surface area contributed by atoms with E-state index in [0.29, 0.717) is 25.7 Å². The summed E-state index contributed by atoms with van der Waals surface area (Å²) in [4.78, 5) is 22.2. The number of rotatable bonds is 56. The molecule has 0 bridgehead atoms. The SMILES string of the molecule is CCCCCCCCCCCCS(=O)(=O)NC(CC(=O)[O-])NS(=O)(=O)CCCCCCCCCCCC.CCCCCCCCCCCCS(=O)(=O)NC(CC(=O)[O-])NS(=O)(=O)CCCCCCCCCCCC.[Ba+2]. The Morgan fingerprint density at radius 1 is 0.280 bits per heavy atom. The third kappa shape index (κ3) is 60.1. The van der Waals surface area contributed by atoms with Crippen molar-refractivity contribution in [3.8, 4) is 0 Å². The Morgan fingerprint density at radius 2 is 0.413 bits per heavy atom. The van der Waals surface area contributed by atoms with Crippen LogP contribution in [0.1, 0.15) is 297 Å². The van der Waals surface area contributed by atoms with E-state index in [9.17, 15) is 53.5 Å². The molecule has 0 aromatic carbocycles. The third-order valence-electron chi connectivity index (χ3n) is 13.1. The van der Waals surface area contributed by atoms with Gasteiger partial charge in [0.2, 0.25) is 40.1 Å². The second kappa shape index (κ2) is 53.5. The van der Waals surface area contributed by atoms with Crippen LogP contribution in [0.25, 0.3) is 0 Å². The Kier molecular flexibility index (Phi) is 56.6. The number of carbonyl (C=O) groups is 2. The number of hydrogen-bond donors (Lipinski definition) is 4. The van der Waals surface area contributed by atoms with Crippen LogP contribution in [0.5, 0.6) is 0 Å². The van der Waals surface area contributed by atoms with E-state index in [1.807, 2.05) is 0 Å². The van der Waals surface area contributed by atoms with Crippen LogP contribution in [0.15, 0.2) is 0 Å². The molecule has 0 radical (unpaired) electrons. The van der Waals surface area contributed by atoms with E-state index in [-0.39, 0.29) is 71.9 Å². The fourth-order valence-electron chi connectivity index (χ4n) is 8.77. The van der Waals surface area contributed by atoms with Crippen molar-refractivity contribution in [2.75, 3.05) is 23.0 Å². The van der Waals surface area contributed by atoms with Crippen LogP contribution in [0, 0.1) is 0 Å². The van der Waals surface area contributed by atoms with Gasteiger partial charge in [0, 0.05) is 24.8 Å². The van der Waals surface area contributed by atoms with Crippen molar-refractivity contribution >= 4 is 101 Å². The first-order valence-corrected chi connectivity index (χ1v) is 36.2. The summed E-state index contributed by atoms with van der Waals surface area (Å²) in [6, 6.07) is 0. The van der Waals surface area contributed by atoms with Gasteiger partial charge in [-0.15, -0.1) is 0 Å². The first-order chi connectivity index (χ1) is 35.2. The fourth-order valence-corrected chi connectivity index (χ4v) is 14.0. The fraction of sp³-hybridized carbons (Fsp3) is 0.963. The Morgan fingerprint density at radius 3 is 0.547 bits per heavy atom. The molecule has 0 saturated carbocycles. The minimum absolute atomic E-state index is 0. The summed E-state index contributed by atoms with van der Waals surface area (Å²) in [5.74, 6) is -3.68. The molecular formula is C54H110BaN4O12S4. The minimum atomic E-state index is -3.82. The molecule has 0 aliphatic carbocycles. The van der Waals surface area contributed by atoms with Crippen molar-refractivity contribution in [1.29, 1.82) is 0 Å². The Hall–Kier alpha value is 0.151. The molecule has 0 atom stereocenters. The Bertz CT molecular complexity index is 1540. The molecule has 0 amide bonds. The molecule has 16 nitrogen and oxygen atoms in total. The molecule has 444 valence electrons. The van der Waals surface area contributed by atoms with Crippen LogP contribution in [-0.4, -0.2) is 130 Å². The van der Waals surface area contributed by atoms with Gasteiger partial charge in [-0.2, -0.15) is 18.9 Å². The molecule has 21 heteroatoms. The predicted octanol–water partition coefficient (Wildman–Crippen LogP) is 9.89. The number of carboxylic acid groups (broad SMARTS) is 2. The minimum Gasteiger partial charge on any atom is -0.550 e. The van der Waals surface area contributed by atoms with Crippen LogP contribution < -0.4 is 29.1 Å². The molecule has 0 rings (SSSR count). The van der Waals surface area contributed by atoms with Crippen molar-refractivity contribution in [3.05, 3.63) is 0 Å². The van der Waals surface area contributed by atoms with E-state index >= 15 is 0 Å². The van der Waals surface area contributed by atoms with Crippen LogP contribution in [-0.2, 0) is 49.7 Å². The molecule has 0 heterocycles. The predicted molar refractivity (Wildman–Crippen MR) is 308 cm³/mol. The van der Waals surface area contributed by atoms with Gasteiger partial charge in [0.1, 0.15) is 0 Å². The van der Waals surface area contributed by atoms with Crippen molar-refractivity contribution in [1.82, 2.24) is 18.9 Å². The van der Waals surface area contributed by atoms with Crippen LogP contribution in [0.4, 0.5) is 0 Å². The molecular weight excluding hydrogens is 1160 g/mol. The van der Waals surface area contributed by atoms with E-state index in [0.717, 1.165) is 103 Å². The number of carbonyl (C=O) groups excluding carboxylic acids is 2. The molecule has 0 aliphatic rings. The summed E-state index contributed by atoms with van der Waals surface area (Å²) in [5, 5.41) is 22.2. The molecule has 0 spiro atoms. The summed E-state index contributed by atoms with van der Waals surface area (Å²) in [5.41, 5.74) is 0. The standard InChI is InChI=1S/2C27H56N2O6S2.Ba/c2*1-3-5-7-9-11-13-15-17-19-21-23-36(32,33)28-26(25-27(30)31)29-37(34,35)24-22-20-18-16-14-12-10-8-6-4-2;/h2*26,28-29H,3-25H2,1-2H3,(H,30,31);/q;;+2/p-2. The Labute approximate surface area is 501 Å². The number of unbranched alkanes of at least 4 members (excludes halogenated alkanes) is 36. The first kappa shape index (κ1) is 79.4. The smallest absolute Gasteiger partial charge is 0.550 e. The van der Waals surface area contributed by atoms with Crippen molar-refractivity contribution in [2.24, 2.45) is 0 Å². The average Bonchev–Trinajstić information content (AvgIpc) is 3.30. The third-order valence-corrected chi connectivity index (χ3v) is 19.0. The summed E-state index contributed by atoms with van der Waals surface area (Å²) >= 11 is 0. The molecule has 0 saturated heterocycles. The summed E-state index contributed by atoms with van der Waals surface area (Å²) in [6.45, 7) is 8.77. The van der Waals surface area contributed by atoms with Gasteiger partial charge in [-0.3, -0.25) is 0 Å². The largest absolute Gasteiger partial charge is 2.00 e. The number of sulfonamides is 4. The van der Waals surface area contributed by atoms with Crippen LogP contribution >= 0.6 is 0 Å². The van der Waals surface area contributed by atoms with Crippen molar-refractivity contribution in [2.45, 2.75) is 310 Å². The maximum atomic E-state index is 12.4. The van der Waals surface area contributed by atoms with Crippen molar-refractivity contribution < 1.29 is 53.5 Å². The van der Waals surface area contributed by atoms with Gasteiger partial charge in [0.25, 0.3) is 0 Å². The Balaban J connectivity index is -0.00000136. The molecule has 0 unspecified atom stereocenters. The molecule has 0 aromatic rings. The van der Waals surface area contributed by atoms with Crippen LogP contribution in [0.2, 0.25) is 0 Å². The number of carboxylic acids is 2. The van der Waals surface area contributed by atoms with Gasteiger partial charge in [-0.1, -0.05) is 259 Å². The monoisotopic (exact) mass is 1270 g/mol. The maximum absolute atomic E-state index is 12.4. The van der Waals surface area contributed by atoms with Gasteiger partial charge in [-0.25, -0.2) is 33.7 Å². The molecule has 0 aromatic heterocycles. The number of nitrogens with one attached hydrogen (secondary N) is 4. The van der Waals surface area contributed by atoms with Gasteiger partial charge in [0.05, 0.1) is 35.3 Å². The molecule has 0 aliphatic heterocycles. The summed E-state index contributed by atoms with van der Waals surface area (Å²) in [6.07, 6.45) is 38.2. The van der Waals surface area contributed by atoms with Crippen LogP contribution in [0.3, 0.4) is 0 Å². The second-order valence-corrected chi connectivity index (χ2v) is 28.2. The molecule has 0 fully saturated rings. The van der Waals surface area contributed by atoms with Gasteiger partial charge in [-0.05, 0) is 25.7 Å². The van der Waals surface area contributed by atoms with Gasteiger partial charge < -0.3 is 19.8 Å².